The van der Waals surface area contributed by atoms with E-state index in [1.54, 1.807) is 6.26 Å². The van der Waals surface area contributed by atoms with E-state index in [-0.39, 0.29) is 6.04 Å². The van der Waals surface area contributed by atoms with Gasteiger partial charge in [-0.15, -0.1) is 0 Å². The van der Waals surface area contributed by atoms with Crippen LogP contribution in [-0.4, -0.2) is 11.5 Å². The molecule has 90 valence electrons. The molecule has 1 N–H and O–H groups in total. The summed E-state index contributed by atoms with van der Waals surface area (Å²) in [6.07, 6.45) is 4.71. The SMILES string of the molecule is CCCNC(c1ccc(C)nc1)c1ccco1. The first kappa shape index (κ1) is 11.9. The van der Waals surface area contributed by atoms with Crippen LogP contribution in [0.1, 0.15) is 36.4 Å². The number of hydrogen-bond donors (Lipinski definition) is 1. The minimum Gasteiger partial charge on any atom is -0.467 e. The van der Waals surface area contributed by atoms with Crippen molar-refractivity contribution in [2.75, 3.05) is 6.54 Å². The number of hydrogen-bond acceptors (Lipinski definition) is 3. The minimum atomic E-state index is 0.0954. The van der Waals surface area contributed by atoms with E-state index in [0.29, 0.717) is 0 Å². The van der Waals surface area contributed by atoms with Crippen LogP contribution in [0, 0.1) is 6.92 Å². The van der Waals surface area contributed by atoms with Gasteiger partial charge in [-0.1, -0.05) is 13.0 Å². The Morgan fingerprint density at radius 1 is 1.35 bits per heavy atom. The molecular formula is C14H18N2O. The first-order chi connectivity index (χ1) is 8.31. The number of rotatable bonds is 5. The zero-order chi connectivity index (χ0) is 12.1. The van der Waals surface area contributed by atoms with Crippen LogP contribution in [0.4, 0.5) is 0 Å². The highest BCUT2D eigenvalue weighted by Gasteiger charge is 2.15. The molecular weight excluding hydrogens is 212 g/mol. The molecule has 0 radical (unpaired) electrons. The molecule has 0 bridgehead atoms. The summed E-state index contributed by atoms with van der Waals surface area (Å²) < 4.78 is 5.49. The summed E-state index contributed by atoms with van der Waals surface area (Å²) in [4.78, 5) is 4.34. The van der Waals surface area contributed by atoms with Gasteiger partial charge < -0.3 is 9.73 Å². The van der Waals surface area contributed by atoms with Gasteiger partial charge in [0.1, 0.15) is 5.76 Å². The van der Waals surface area contributed by atoms with Crippen molar-refractivity contribution < 1.29 is 4.42 Å². The summed E-state index contributed by atoms with van der Waals surface area (Å²) in [5, 5.41) is 3.47. The summed E-state index contributed by atoms with van der Waals surface area (Å²) in [7, 11) is 0. The van der Waals surface area contributed by atoms with Crippen LogP contribution in [0.15, 0.2) is 41.1 Å². The van der Waals surface area contributed by atoms with E-state index < -0.39 is 0 Å². The van der Waals surface area contributed by atoms with E-state index in [9.17, 15) is 0 Å². The highest BCUT2D eigenvalue weighted by atomic mass is 16.3. The van der Waals surface area contributed by atoms with Crippen LogP contribution in [0.3, 0.4) is 0 Å². The Morgan fingerprint density at radius 2 is 2.24 bits per heavy atom. The molecule has 1 unspecified atom stereocenters. The second kappa shape index (κ2) is 5.64. The van der Waals surface area contributed by atoms with Crippen molar-refractivity contribution in [3.63, 3.8) is 0 Å². The highest BCUT2D eigenvalue weighted by molar-refractivity contribution is 5.25. The van der Waals surface area contributed by atoms with Crippen molar-refractivity contribution in [1.82, 2.24) is 10.3 Å². The standard InChI is InChI=1S/C14H18N2O/c1-3-8-15-14(13-5-4-9-17-13)12-7-6-11(2)16-10-12/h4-7,9-10,14-15H,3,8H2,1-2H3. The fraction of sp³-hybridized carbons (Fsp3) is 0.357. The molecule has 2 aromatic heterocycles. The van der Waals surface area contributed by atoms with Gasteiger partial charge in [0.2, 0.25) is 0 Å². The third-order valence-corrected chi connectivity index (χ3v) is 2.69. The molecule has 2 rings (SSSR count). The largest absolute Gasteiger partial charge is 0.467 e. The Labute approximate surface area is 102 Å². The van der Waals surface area contributed by atoms with Crippen LogP contribution in [-0.2, 0) is 0 Å². The molecule has 0 saturated carbocycles. The molecule has 2 aromatic rings. The van der Waals surface area contributed by atoms with Crippen molar-refractivity contribution in [1.29, 1.82) is 0 Å². The fourth-order valence-corrected chi connectivity index (χ4v) is 1.78. The lowest BCUT2D eigenvalue weighted by Gasteiger charge is -2.16. The third-order valence-electron chi connectivity index (χ3n) is 2.69. The Hall–Kier alpha value is -1.61. The summed E-state index contributed by atoms with van der Waals surface area (Å²) in [5.41, 5.74) is 2.17. The van der Waals surface area contributed by atoms with Gasteiger partial charge in [-0.05, 0) is 43.7 Å². The topological polar surface area (TPSA) is 38.1 Å². The molecule has 0 spiro atoms. The van der Waals surface area contributed by atoms with Crippen molar-refractivity contribution >= 4 is 0 Å². The number of furan rings is 1. The van der Waals surface area contributed by atoms with E-state index in [1.807, 2.05) is 31.3 Å². The second-order valence-electron chi connectivity index (χ2n) is 4.14. The molecule has 17 heavy (non-hydrogen) atoms. The molecule has 0 aliphatic heterocycles. The zero-order valence-corrected chi connectivity index (χ0v) is 10.3. The first-order valence-electron chi connectivity index (χ1n) is 6.00. The predicted octanol–water partition coefficient (Wildman–Crippen LogP) is 3.07. The molecule has 3 nitrogen and oxygen atoms in total. The maximum absolute atomic E-state index is 5.49. The fourth-order valence-electron chi connectivity index (χ4n) is 1.78. The molecule has 0 aliphatic rings. The highest BCUT2D eigenvalue weighted by Crippen LogP contribution is 2.21. The number of aryl methyl sites for hydroxylation is 1. The Morgan fingerprint density at radius 3 is 2.82 bits per heavy atom. The van der Waals surface area contributed by atoms with Crippen molar-refractivity contribution in [3.05, 3.63) is 53.7 Å². The molecule has 2 heterocycles. The maximum atomic E-state index is 5.49. The number of nitrogens with zero attached hydrogens (tertiary/aromatic N) is 1. The van der Waals surface area contributed by atoms with Gasteiger partial charge in [0.05, 0.1) is 12.3 Å². The molecule has 0 aromatic carbocycles. The van der Waals surface area contributed by atoms with E-state index >= 15 is 0 Å². The summed E-state index contributed by atoms with van der Waals surface area (Å²) in [5.74, 6) is 0.934. The lowest BCUT2D eigenvalue weighted by Crippen LogP contribution is -2.22. The third kappa shape index (κ3) is 2.94. The van der Waals surface area contributed by atoms with Gasteiger partial charge in [0.25, 0.3) is 0 Å². The predicted molar refractivity (Wildman–Crippen MR) is 67.8 cm³/mol. The summed E-state index contributed by atoms with van der Waals surface area (Å²) >= 11 is 0. The maximum Gasteiger partial charge on any atom is 0.125 e. The zero-order valence-electron chi connectivity index (χ0n) is 10.3. The van der Waals surface area contributed by atoms with Crippen molar-refractivity contribution in [3.8, 4) is 0 Å². The van der Waals surface area contributed by atoms with E-state index in [4.69, 9.17) is 4.42 Å². The molecule has 1 atom stereocenters. The smallest absolute Gasteiger partial charge is 0.125 e. The normalized spacial score (nSPS) is 12.6. The minimum absolute atomic E-state index is 0.0954. The van der Waals surface area contributed by atoms with E-state index in [1.165, 1.54) is 0 Å². The molecule has 0 saturated heterocycles. The van der Waals surface area contributed by atoms with Gasteiger partial charge in [-0.3, -0.25) is 4.98 Å². The Bertz CT molecular complexity index is 434. The van der Waals surface area contributed by atoms with Crippen molar-refractivity contribution in [2.24, 2.45) is 0 Å². The summed E-state index contributed by atoms with van der Waals surface area (Å²) in [6.45, 7) is 5.10. The van der Waals surface area contributed by atoms with Gasteiger partial charge in [0.15, 0.2) is 0 Å². The number of aromatic nitrogens is 1. The van der Waals surface area contributed by atoms with Gasteiger partial charge in [0, 0.05) is 11.9 Å². The van der Waals surface area contributed by atoms with Crippen LogP contribution in [0.25, 0.3) is 0 Å². The number of nitrogens with one attached hydrogen (secondary N) is 1. The van der Waals surface area contributed by atoms with Crippen LogP contribution >= 0.6 is 0 Å². The molecule has 3 heteroatoms. The van der Waals surface area contributed by atoms with Crippen molar-refractivity contribution in [2.45, 2.75) is 26.3 Å². The van der Waals surface area contributed by atoms with Crippen LogP contribution < -0.4 is 5.32 Å². The Balaban J connectivity index is 2.23. The van der Waals surface area contributed by atoms with E-state index in [2.05, 4.69) is 23.3 Å². The average Bonchev–Trinajstić information content (AvgIpc) is 2.85. The quantitative estimate of drug-likeness (QED) is 0.857. The molecule has 0 amide bonds. The second-order valence-corrected chi connectivity index (χ2v) is 4.14. The monoisotopic (exact) mass is 230 g/mol. The van der Waals surface area contributed by atoms with E-state index in [0.717, 1.165) is 30.0 Å². The van der Waals surface area contributed by atoms with Crippen LogP contribution in [0.5, 0.6) is 0 Å². The van der Waals surface area contributed by atoms with Gasteiger partial charge in [-0.2, -0.15) is 0 Å². The average molecular weight is 230 g/mol. The molecule has 0 aliphatic carbocycles. The first-order valence-corrected chi connectivity index (χ1v) is 6.00. The lowest BCUT2D eigenvalue weighted by atomic mass is 10.1. The summed E-state index contributed by atoms with van der Waals surface area (Å²) in [6, 6.07) is 8.13. The number of pyridine rings is 1. The van der Waals surface area contributed by atoms with Crippen LogP contribution in [0.2, 0.25) is 0 Å². The Kier molecular flexibility index (Phi) is 3.94. The molecule has 0 fully saturated rings. The van der Waals surface area contributed by atoms with Gasteiger partial charge >= 0.3 is 0 Å². The lowest BCUT2D eigenvalue weighted by molar-refractivity contribution is 0.446. The van der Waals surface area contributed by atoms with Gasteiger partial charge in [-0.25, -0.2) is 0 Å².